The number of H-pyrrole nitrogens is 2. The van der Waals surface area contributed by atoms with E-state index in [0.29, 0.717) is 33.8 Å². The van der Waals surface area contributed by atoms with Crippen LogP contribution in [0, 0.1) is 5.82 Å². The number of aromatic nitrogens is 7. The Morgan fingerprint density at radius 1 is 1.00 bits per heavy atom. The fourth-order valence-electron chi connectivity index (χ4n) is 3.56. The van der Waals surface area contributed by atoms with Crippen LogP contribution in [0.25, 0.3) is 55.8 Å². The van der Waals surface area contributed by atoms with Gasteiger partial charge in [0.15, 0.2) is 11.5 Å². The van der Waals surface area contributed by atoms with E-state index < -0.39 is 0 Å². The molecule has 144 valence electrons. The standard InChI is InChI=1S/C21H12FN7O/c22-16-6-17-15(5-14(16)12-7-23-10-24-8-12)19(29-28-17)21-26-18-13(11-2-4-30-9-11)1-3-25-20(18)27-21/h1-10H,(H,28,29)(H,25,26,27). The molecule has 0 aliphatic rings. The van der Waals surface area contributed by atoms with Crippen LogP contribution in [0.4, 0.5) is 4.39 Å². The van der Waals surface area contributed by atoms with Gasteiger partial charge in [0.1, 0.15) is 17.8 Å². The Morgan fingerprint density at radius 2 is 1.90 bits per heavy atom. The van der Waals surface area contributed by atoms with Crippen molar-refractivity contribution in [3.63, 3.8) is 0 Å². The van der Waals surface area contributed by atoms with Gasteiger partial charge in [-0.2, -0.15) is 5.10 Å². The van der Waals surface area contributed by atoms with E-state index in [1.165, 1.54) is 12.4 Å². The molecule has 0 spiro atoms. The maximum absolute atomic E-state index is 14.6. The molecule has 0 atom stereocenters. The predicted molar refractivity (Wildman–Crippen MR) is 108 cm³/mol. The second kappa shape index (κ2) is 6.31. The molecule has 0 amide bonds. The monoisotopic (exact) mass is 397 g/mol. The number of halogens is 1. The lowest BCUT2D eigenvalue weighted by Gasteiger charge is -2.03. The number of nitrogens with one attached hydrogen (secondary N) is 2. The van der Waals surface area contributed by atoms with Gasteiger partial charge in [-0.1, -0.05) is 0 Å². The number of fused-ring (bicyclic) bond motifs is 2. The van der Waals surface area contributed by atoms with E-state index in [2.05, 4.69) is 35.1 Å². The summed E-state index contributed by atoms with van der Waals surface area (Å²) < 4.78 is 19.9. The largest absolute Gasteiger partial charge is 0.472 e. The molecular weight excluding hydrogens is 385 g/mol. The fraction of sp³-hybridized carbons (Fsp3) is 0. The van der Waals surface area contributed by atoms with Crippen molar-refractivity contribution < 1.29 is 8.81 Å². The van der Waals surface area contributed by atoms with Crippen molar-refractivity contribution in [3.8, 4) is 33.8 Å². The first-order valence-corrected chi connectivity index (χ1v) is 9.08. The number of hydrogen-bond donors (Lipinski definition) is 2. The number of rotatable bonds is 3. The highest BCUT2D eigenvalue weighted by molar-refractivity contribution is 5.97. The summed E-state index contributed by atoms with van der Waals surface area (Å²) in [6.45, 7) is 0. The summed E-state index contributed by atoms with van der Waals surface area (Å²) in [6.07, 6.45) is 9.52. The lowest BCUT2D eigenvalue weighted by Crippen LogP contribution is -1.88. The molecule has 1 aromatic carbocycles. The number of furan rings is 1. The number of benzene rings is 1. The lowest BCUT2D eigenvalue weighted by atomic mass is 10.0. The molecule has 5 aromatic heterocycles. The molecule has 2 N–H and O–H groups in total. The van der Waals surface area contributed by atoms with E-state index in [9.17, 15) is 4.39 Å². The second-order valence-electron chi connectivity index (χ2n) is 6.73. The minimum absolute atomic E-state index is 0.388. The summed E-state index contributed by atoms with van der Waals surface area (Å²) in [6, 6.07) is 6.89. The molecule has 8 nitrogen and oxygen atoms in total. The number of hydrogen-bond acceptors (Lipinski definition) is 6. The van der Waals surface area contributed by atoms with Crippen molar-refractivity contribution in [3.05, 3.63) is 67.5 Å². The van der Waals surface area contributed by atoms with Gasteiger partial charge in [0.25, 0.3) is 0 Å². The highest BCUT2D eigenvalue weighted by atomic mass is 19.1. The van der Waals surface area contributed by atoms with Gasteiger partial charge in [0, 0.05) is 52.3 Å². The minimum atomic E-state index is -0.388. The summed E-state index contributed by atoms with van der Waals surface area (Å²) >= 11 is 0. The molecule has 6 aromatic rings. The molecular formula is C21H12FN7O. The molecule has 0 unspecified atom stereocenters. The average molecular weight is 397 g/mol. The first-order valence-electron chi connectivity index (χ1n) is 9.08. The zero-order chi connectivity index (χ0) is 20.1. The molecule has 0 bridgehead atoms. The van der Waals surface area contributed by atoms with Gasteiger partial charge in [0.2, 0.25) is 0 Å². The molecule has 6 rings (SSSR count). The first kappa shape index (κ1) is 16.5. The van der Waals surface area contributed by atoms with Crippen molar-refractivity contribution in [2.75, 3.05) is 0 Å². The third kappa shape index (κ3) is 2.49. The minimum Gasteiger partial charge on any atom is -0.472 e. The summed E-state index contributed by atoms with van der Waals surface area (Å²) in [4.78, 5) is 20.2. The Labute approximate surface area is 167 Å². The average Bonchev–Trinajstić information content (AvgIpc) is 3.52. The first-order chi connectivity index (χ1) is 14.8. The van der Waals surface area contributed by atoms with Gasteiger partial charge >= 0.3 is 0 Å². The number of imidazole rings is 1. The maximum Gasteiger partial charge on any atom is 0.178 e. The van der Waals surface area contributed by atoms with Crippen LogP contribution in [-0.2, 0) is 0 Å². The summed E-state index contributed by atoms with van der Waals surface area (Å²) in [5, 5.41) is 7.96. The Balaban J connectivity index is 1.55. The van der Waals surface area contributed by atoms with Crippen LogP contribution in [0.3, 0.4) is 0 Å². The number of pyridine rings is 1. The third-order valence-corrected chi connectivity index (χ3v) is 4.97. The zero-order valence-corrected chi connectivity index (χ0v) is 15.3. The van der Waals surface area contributed by atoms with Gasteiger partial charge < -0.3 is 9.40 Å². The molecule has 0 radical (unpaired) electrons. The fourth-order valence-corrected chi connectivity index (χ4v) is 3.56. The Kier molecular flexibility index (Phi) is 3.48. The van der Waals surface area contributed by atoms with Crippen LogP contribution in [0.5, 0.6) is 0 Å². The molecule has 30 heavy (non-hydrogen) atoms. The van der Waals surface area contributed by atoms with Crippen molar-refractivity contribution >= 4 is 22.1 Å². The van der Waals surface area contributed by atoms with Gasteiger partial charge in [-0.25, -0.2) is 24.3 Å². The second-order valence-corrected chi connectivity index (χ2v) is 6.73. The SMILES string of the molecule is Fc1cc2[nH]nc(-c3nc4nccc(-c5ccoc5)c4[nH]3)c2cc1-c1cncnc1. The predicted octanol–water partition coefficient (Wildman–Crippen LogP) is 4.36. The van der Waals surface area contributed by atoms with Gasteiger partial charge in [-0.3, -0.25) is 5.10 Å². The van der Waals surface area contributed by atoms with Crippen molar-refractivity contribution in [1.82, 2.24) is 35.1 Å². The van der Waals surface area contributed by atoms with E-state index in [-0.39, 0.29) is 5.82 Å². The number of nitrogens with zero attached hydrogens (tertiary/aromatic N) is 5. The Bertz CT molecular complexity index is 1500. The van der Waals surface area contributed by atoms with Gasteiger partial charge in [0.05, 0.1) is 23.6 Å². The van der Waals surface area contributed by atoms with Crippen LogP contribution in [0.15, 0.2) is 66.1 Å². The van der Waals surface area contributed by atoms with Crippen LogP contribution in [-0.4, -0.2) is 35.1 Å². The van der Waals surface area contributed by atoms with Crippen molar-refractivity contribution in [1.29, 1.82) is 0 Å². The topological polar surface area (TPSA) is 109 Å². The summed E-state index contributed by atoms with van der Waals surface area (Å²) in [5.41, 5.74) is 5.25. The van der Waals surface area contributed by atoms with Crippen LogP contribution in [0.1, 0.15) is 0 Å². The maximum atomic E-state index is 14.6. The Hall–Kier alpha value is -4.40. The van der Waals surface area contributed by atoms with Crippen LogP contribution < -0.4 is 0 Å². The number of aromatic amines is 2. The highest BCUT2D eigenvalue weighted by Crippen LogP contribution is 2.33. The smallest absolute Gasteiger partial charge is 0.178 e. The zero-order valence-electron chi connectivity index (χ0n) is 15.3. The molecule has 0 fully saturated rings. The van der Waals surface area contributed by atoms with E-state index in [0.717, 1.165) is 22.0 Å². The van der Waals surface area contributed by atoms with Crippen LogP contribution >= 0.6 is 0 Å². The molecule has 5 heterocycles. The quantitative estimate of drug-likeness (QED) is 0.459. The summed E-state index contributed by atoms with van der Waals surface area (Å²) in [7, 11) is 0. The lowest BCUT2D eigenvalue weighted by molar-refractivity contribution is 0.568. The van der Waals surface area contributed by atoms with Gasteiger partial charge in [-0.15, -0.1) is 0 Å². The van der Waals surface area contributed by atoms with Gasteiger partial charge in [-0.05, 0) is 18.2 Å². The third-order valence-electron chi connectivity index (χ3n) is 4.97. The van der Waals surface area contributed by atoms with E-state index in [4.69, 9.17) is 4.42 Å². The Morgan fingerprint density at radius 3 is 2.73 bits per heavy atom. The summed E-state index contributed by atoms with van der Waals surface area (Å²) in [5.74, 6) is 0.141. The van der Waals surface area contributed by atoms with Crippen LogP contribution in [0.2, 0.25) is 0 Å². The van der Waals surface area contributed by atoms with Crippen molar-refractivity contribution in [2.24, 2.45) is 0 Å². The molecule has 0 aliphatic carbocycles. The molecule has 9 heteroatoms. The molecule has 0 saturated carbocycles. The molecule has 0 aliphatic heterocycles. The van der Waals surface area contributed by atoms with E-state index in [1.54, 1.807) is 37.2 Å². The highest BCUT2D eigenvalue weighted by Gasteiger charge is 2.18. The van der Waals surface area contributed by atoms with E-state index >= 15 is 0 Å². The molecule has 0 saturated heterocycles. The van der Waals surface area contributed by atoms with Crippen molar-refractivity contribution in [2.45, 2.75) is 0 Å². The van der Waals surface area contributed by atoms with E-state index in [1.807, 2.05) is 12.1 Å². The normalized spacial score (nSPS) is 11.5.